The minimum atomic E-state index is -0.681. The molecule has 134 valence electrons. The number of carbonyl (C=O) groups is 1. The van der Waals surface area contributed by atoms with Gasteiger partial charge in [0.15, 0.2) is 5.69 Å². The normalized spacial score (nSPS) is 13.5. The molecule has 0 bridgehead atoms. The largest absolute Gasteiger partial charge is 0.382 e. The summed E-state index contributed by atoms with van der Waals surface area (Å²) in [4.78, 5) is 15.6. The molecule has 2 aromatic rings. The lowest BCUT2D eigenvalue weighted by molar-refractivity contribution is 0.0995. The Labute approximate surface area is 148 Å². The first kappa shape index (κ1) is 18.6. The van der Waals surface area contributed by atoms with Crippen molar-refractivity contribution in [2.24, 2.45) is 5.73 Å². The van der Waals surface area contributed by atoms with Crippen LogP contribution >= 0.6 is 0 Å². The van der Waals surface area contributed by atoms with Gasteiger partial charge in [0, 0.05) is 11.8 Å². The monoisotopic (exact) mass is 342 g/mol. The molecule has 1 fully saturated rings. The smallest absolute Gasteiger partial charge is 0.271 e. The van der Waals surface area contributed by atoms with Gasteiger partial charge in [-0.3, -0.25) is 4.79 Å². The van der Waals surface area contributed by atoms with Crippen LogP contribution in [0.1, 0.15) is 60.3 Å². The van der Waals surface area contributed by atoms with E-state index in [9.17, 15) is 4.79 Å². The highest BCUT2D eigenvalue weighted by atomic mass is 16.1. The molecular formula is C18H26N6O. The average molecular weight is 342 g/mol. The lowest BCUT2D eigenvalue weighted by atomic mass is 10.0. The zero-order chi connectivity index (χ0) is 18.2. The van der Waals surface area contributed by atoms with E-state index in [0.29, 0.717) is 11.5 Å². The topological polar surface area (TPSA) is 120 Å². The van der Waals surface area contributed by atoms with Crippen molar-refractivity contribution in [3.63, 3.8) is 0 Å². The fourth-order valence-electron chi connectivity index (χ4n) is 2.79. The molecule has 0 radical (unpaired) electrons. The second-order valence-corrected chi connectivity index (χ2v) is 6.31. The molecule has 0 aromatic carbocycles. The number of nitrogens with zero attached hydrogens (tertiary/aromatic N) is 3. The Bertz CT molecular complexity index is 696. The van der Waals surface area contributed by atoms with Gasteiger partial charge in [-0.2, -0.15) is 0 Å². The Hall–Kier alpha value is -2.70. The molecule has 0 aliphatic heterocycles. The van der Waals surface area contributed by atoms with E-state index in [0.717, 1.165) is 11.3 Å². The number of hydrogen-bond acceptors (Lipinski definition) is 6. The third-order valence-electron chi connectivity index (χ3n) is 3.91. The third kappa shape index (κ3) is 6.02. The zero-order valence-electron chi connectivity index (χ0n) is 14.9. The van der Waals surface area contributed by atoms with Crippen molar-refractivity contribution in [1.82, 2.24) is 15.2 Å². The Morgan fingerprint density at radius 1 is 1.00 bits per heavy atom. The van der Waals surface area contributed by atoms with Gasteiger partial charge >= 0.3 is 0 Å². The number of aryl methyl sites for hydroxylation is 2. The van der Waals surface area contributed by atoms with Crippen molar-refractivity contribution in [3.8, 4) is 0 Å². The van der Waals surface area contributed by atoms with E-state index in [-0.39, 0.29) is 11.5 Å². The predicted octanol–water partition coefficient (Wildman–Crippen LogP) is 3.25. The van der Waals surface area contributed by atoms with Crippen LogP contribution in [0.3, 0.4) is 0 Å². The molecule has 0 atom stereocenters. The first-order chi connectivity index (χ1) is 12.0. The molecule has 1 aliphatic rings. The summed E-state index contributed by atoms with van der Waals surface area (Å²) in [6.45, 7) is 3.83. The SMILES string of the molecule is C1CCCCC1.Cc1cc(C)nc(Nc2cc(N)nnc2C(N)=O)c1. The number of anilines is 3. The highest BCUT2D eigenvalue weighted by Gasteiger charge is 2.12. The summed E-state index contributed by atoms with van der Waals surface area (Å²) in [5.74, 6) is 0.101. The van der Waals surface area contributed by atoms with Crippen LogP contribution in [0.5, 0.6) is 0 Å². The molecule has 3 rings (SSSR count). The Morgan fingerprint density at radius 3 is 2.12 bits per heavy atom. The molecule has 7 nitrogen and oxygen atoms in total. The van der Waals surface area contributed by atoms with Crippen molar-refractivity contribution >= 4 is 23.2 Å². The average Bonchev–Trinajstić information content (AvgIpc) is 2.56. The molecule has 0 saturated heterocycles. The van der Waals surface area contributed by atoms with Crippen LogP contribution in [0, 0.1) is 13.8 Å². The van der Waals surface area contributed by atoms with E-state index in [4.69, 9.17) is 11.5 Å². The number of primary amides is 1. The number of nitrogens with two attached hydrogens (primary N) is 2. The second-order valence-electron chi connectivity index (χ2n) is 6.31. The van der Waals surface area contributed by atoms with Gasteiger partial charge in [-0.1, -0.05) is 38.5 Å². The fraction of sp³-hybridized carbons (Fsp3) is 0.444. The predicted molar refractivity (Wildman–Crippen MR) is 99.7 cm³/mol. The number of nitrogen functional groups attached to an aromatic ring is 1. The Morgan fingerprint density at radius 2 is 1.60 bits per heavy atom. The lowest BCUT2D eigenvalue weighted by Gasteiger charge is -2.10. The highest BCUT2D eigenvalue weighted by molar-refractivity contribution is 5.97. The minimum absolute atomic E-state index is 0.0233. The molecule has 5 N–H and O–H groups in total. The molecule has 1 amide bonds. The maximum absolute atomic E-state index is 11.3. The summed E-state index contributed by atoms with van der Waals surface area (Å²) < 4.78 is 0. The van der Waals surface area contributed by atoms with Gasteiger partial charge in [0.05, 0.1) is 5.69 Å². The van der Waals surface area contributed by atoms with E-state index in [1.165, 1.54) is 44.6 Å². The quantitative estimate of drug-likeness (QED) is 0.787. The fourth-order valence-corrected chi connectivity index (χ4v) is 2.79. The number of amides is 1. The molecular weight excluding hydrogens is 316 g/mol. The van der Waals surface area contributed by atoms with Gasteiger partial charge in [0.2, 0.25) is 0 Å². The molecule has 1 aliphatic carbocycles. The van der Waals surface area contributed by atoms with E-state index in [1.807, 2.05) is 26.0 Å². The molecule has 0 unspecified atom stereocenters. The lowest BCUT2D eigenvalue weighted by Crippen LogP contribution is -2.17. The maximum Gasteiger partial charge on any atom is 0.271 e. The number of aromatic nitrogens is 3. The van der Waals surface area contributed by atoms with Crippen molar-refractivity contribution in [2.45, 2.75) is 52.4 Å². The van der Waals surface area contributed by atoms with Crippen LogP contribution in [0.25, 0.3) is 0 Å². The summed E-state index contributed by atoms with van der Waals surface area (Å²) in [5.41, 5.74) is 13.1. The van der Waals surface area contributed by atoms with E-state index in [2.05, 4.69) is 20.5 Å². The van der Waals surface area contributed by atoms with Crippen molar-refractivity contribution < 1.29 is 4.79 Å². The summed E-state index contributed by atoms with van der Waals surface area (Å²) in [5, 5.41) is 10.3. The van der Waals surface area contributed by atoms with Crippen LogP contribution in [-0.2, 0) is 0 Å². The number of carbonyl (C=O) groups excluding carboxylic acids is 1. The van der Waals surface area contributed by atoms with Crippen LogP contribution in [0.15, 0.2) is 18.2 Å². The highest BCUT2D eigenvalue weighted by Crippen LogP contribution is 2.20. The Kier molecular flexibility index (Phi) is 6.68. The van der Waals surface area contributed by atoms with Gasteiger partial charge in [-0.15, -0.1) is 10.2 Å². The molecule has 0 spiro atoms. The van der Waals surface area contributed by atoms with Crippen LogP contribution in [0.4, 0.5) is 17.3 Å². The maximum atomic E-state index is 11.3. The van der Waals surface area contributed by atoms with Crippen LogP contribution in [-0.4, -0.2) is 21.1 Å². The van der Waals surface area contributed by atoms with Crippen molar-refractivity contribution in [3.05, 3.63) is 35.2 Å². The van der Waals surface area contributed by atoms with Gasteiger partial charge in [0.1, 0.15) is 11.6 Å². The number of rotatable bonds is 3. The first-order valence-electron chi connectivity index (χ1n) is 8.61. The van der Waals surface area contributed by atoms with E-state index < -0.39 is 5.91 Å². The van der Waals surface area contributed by atoms with Crippen LogP contribution in [0.2, 0.25) is 0 Å². The zero-order valence-corrected chi connectivity index (χ0v) is 14.9. The molecule has 7 heteroatoms. The van der Waals surface area contributed by atoms with E-state index in [1.54, 1.807) is 0 Å². The standard InChI is InChI=1S/C12H14N6O.C6H12/c1-6-3-7(2)15-10(4-6)16-8-5-9(13)17-18-11(8)12(14)19;1-2-4-6-5-3-1/h3-5H,1-2H3,(H2,14,19)(H3,13,15,16,17);1-6H2. The summed E-state index contributed by atoms with van der Waals surface area (Å²) >= 11 is 0. The molecule has 25 heavy (non-hydrogen) atoms. The number of hydrogen-bond donors (Lipinski definition) is 3. The van der Waals surface area contributed by atoms with Crippen LogP contribution < -0.4 is 16.8 Å². The third-order valence-corrected chi connectivity index (χ3v) is 3.91. The van der Waals surface area contributed by atoms with Crippen molar-refractivity contribution in [1.29, 1.82) is 0 Å². The van der Waals surface area contributed by atoms with Gasteiger partial charge in [0.25, 0.3) is 5.91 Å². The summed E-state index contributed by atoms with van der Waals surface area (Å²) in [6.07, 6.45) is 9.00. The molecule has 2 aromatic heterocycles. The number of nitrogens with one attached hydrogen (secondary N) is 1. The van der Waals surface area contributed by atoms with E-state index >= 15 is 0 Å². The first-order valence-corrected chi connectivity index (χ1v) is 8.61. The van der Waals surface area contributed by atoms with Gasteiger partial charge in [-0.25, -0.2) is 4.98 Å². The summed E-state index contributed by atoms with van der Waals surface area (Å²) in [6, 6.07) is 5.28. The van der Waals surface area contributed by atoms with Gasteiger partial charge < -0.3 is 16.8 Å². The molecule has 2 heterocycles. The van der Waals surface area contributed by atoms with Gasteiger partial charge in [-0.05, 0) is 31.5 Å². The summed E-state index contributed by atoms with van der Waals surface area (Å²) in [7, 11) is 0. The number of pyridine rings is 1. The van der Waals surface area contributed by atoms with Crippen molar-refractivity contribution in [2.75, 3.05) is 11.1 Å². The minimum Gasteiger partial charge on any atom is -0.382 e. The second kappa shape index (κ2) is 8.96. The molecule has 1 saturated carbocycles. The Balaban J connectivity index is 0.000000316.